The van der Waals surface area contributed by atoms with Gasteiger partial charge in [-0.25, -0.2) is 0 Å². The first-order valence-corrected chi connectivity index (χ1v) is 20.3. The zero-order valence-corrected chi connectivity index (χ0v) is 32.8. The molecule has 1 aliphatic carbocycles. The summed E-state index contributed by atoms with van der Waals surface area (Å²) in [6.45, 7) is 3.32. The second-order valence-corrected chi connectivity index (χ2v) is 15.7. The molecule has 3 saturated heterocycles. The van der Waals surface area contributed by atoms with Gasteiger partial charge in [0.05, 0.1) is 11.6 Å². The van der Waals surface area contributed by atoms with E-state index < -0.39 is 95.9 Å². The quantitative estimate of drug-likeness (QED) is 0.0719. The third-order valence-corrected chi connectivity index (χ3v) is 11.5. The first-order valence-electron chi connectivity index (χ1n) is 22.3. The zero-order chi connectivity index (χ0) is 46.1. The molecule has 298 valence electrons. The molecule has 12 atom stereocenters. The van der Waals surface area contributed by atoms with E-state index in [0.717, 1.165) is 41.7 Å². The SMILES string of the molecule is [2H]B([3H])CSOc1cc(/C=C(\C)C(=O)NC2[C@@H](OSCB([2H])[3H])[C@@H]3OCO[C@@H]3[C@H](O[3H])[C@H]2O[3H])ccc1O[C@@H]1O[C@H](C2(C)CC(c3ccccc3)ON2C)[C@@H](OSCB([2H])[3H])[C@@H]1O[3H]. The van der Waals surface area contributed by atoms with Crippen molar-refractivity contribution < 1.29 is 56.5 Å². The first kappa shape index (κ1) is 32.0. The maximum Gasteiger partial charge on any atom is 0.247 e. The van der Waals surface area contributed by atoms with Gasteiger partial charge in [0.1, 0.15) is 85.0 Å². The predicted molar refractivity (Wildman–Crippen MR) is 218 cm³/mol. The Labute approximate surface area is 350 Å². The minimum absolute atomic E-state index is 0.0146. The number of benzene rings is 2. The Morgan fingerprint density at radius 3 is 2.51 bits per heavy atom. The summed E-state index contributed by atoms with van der Waals surface area (Å²) in [4.78, 5) is 20.1. The number of fused-ring (bicyclic) bond motifs is 1. The molecule has 1 saturated carbocycles. The molecule has 20 heteroatoms. The molecule has 2 aromatic carbocycles. The topological polar surface area (TPSA) is 167 Å². The normalized spacial score (nSPS) is 37.1. The van der Waals surface area contributed by atoms with Gasteiger partial charge in [0.2, 0.25) is 16.5 Å². The van der Waals surface area contributed by atoms with E-state index >= 15 is 0 Å². The average molecular weight is 833 g/mol. The van der Waals surface area contributed by atoms with Gasteiger partial charge in [-0.3, -0.25) is 9.63 Å². The summed E-state index contributed by atoms with van der Waals surface area (Å²) in [5.41, 5.74) is 0.711. The highest BCUT2D eigenvalue weighted by Gasteiger charge is 2.59. The number of rotatable bonds is 22. The van der Waals surface area contributed by atoms with Crippen molar-refractivity contribution in [3.63, 3.8) is 0 Å². The van der Waals surface area contributed by atoms with Crippen LogP contribution < -0.4 is 14.2 Å². The molecule has 4 fully saturated rings. The minimum atomic E-state index is -1.26. The Kier molecular flexibility index (Phi) is 11.2. The number of nitrogens with zero attached hydrogens (tertiary/aromatic N) is 1. The fourth-order valence-electron chi connectivity index (χ4n) is 7.15. The van der Waals surface area contributed by atoms with E-state index in [0.29, 0.717) is 12.0 Å². The number of hydrogen-bond donors (Lipinski definition) is 4. The van der Waals surface area contributed by atoms with E-state index in [1.165, 1.54) is 0 Å². The number of nitrogens with one attached hydrogen (secondary N) is 1. The number of carbonyl (C=O) groups is 1. The highest BCUT2D eigenvalue weighted by atomic mass is 32.2. The fraction of sp³-hybridized carbons (Fsp3) is 0.571. The van der Waals surface area contributed by atoms with E-state index in [-0.39, 0.29) is 46.9 Å². The van der Waals surface area contributed by atoms with Gasteiger partial charge in [0.25, 0.3) is 0 Å². The van der Waals surface area contributed by atoms with Crippen molar-refractivity contribution in [2.75, 3.05) is 30.8 Å². The summed E-state index contributed by atoms with van der Waals surface area (Å²) in [5.74, 6) is -0.351. The first-order chi connectivity index (χ1) is 30.7. The molecule has 14 nitrogen and oxygen atoms in total. The molecule has 55 heavy (non-hydrogen) atoms. The number of amides is 1. The van der Waals surface area contributed by atoms with Crippen LogP contribution in [0.25, 0.3) is 6.08 Å². The van der Waals surface area contributed by atoms with Gasteiger partial charge in [0.15, 0.2) is 11.5 Å². The van der Waals surface area contributed by atoms with Crippen LogP contribution >= 0.6 is 36.1 Å². The molecule has 3 heterocycles. The second kappa shape index (κ2) is 19.2. The zero-order valence-electron chi connectivity index (χ0n) is 39.4. The molecular formula is C35H49B3N2O12S3. The van der Waals surface area contributed by atoms with Crippen molar-refractivity contribution in [1.29, 1.82) is 12.3 Å². The van der Waals surface area contributed by atoms with Gasteiger partial charge in [-0.05, 0) is 86.6 Å². The van der Waals surface area contributed by atoms with Crippen LogP contribution in [-0.4, -0.2) is 159 Å². The van der Waals surface area contributed by atoms with Crippen molar-refractivity contribution in [2.45, 2.75) is 93.1 Å². The van der Waals surface area contributed by atoms with Crippen LogP contribution in [0.5, 0.6) is 11.5 Å². The monoisotopic (exact) mass is 833 g/mol. The highest BCUT2D eigenvalue weighted by Crippen LogP contribution is 2.47. The van der Waals surface area contributed by atoms with E-state index in [4.69, 9.17) is 64.0 Å². The molecule has 0 radical (unpaired) electrons. The highest BCUT2D eigenvalue weighted by molar-refractivity contribution is 7.96. The van der Waals surface area contributed by atoms with Crippen LogP contribution in [0.1, 0.15) is 37.5 Å². The smallest absolute Gasteiger partial charge is 0.247 e. The van der Waals surface area contributed by atoms with Crippen LogP contribution in [0.2, 0.25) is 0 Å². The Morgan fingerprint density at radius 1 is 1.04 bits per heavy atom. The summed E-state index contributed by atoms with van der Waals surface area (Å²) < 4.78 is 112. The number of aliphatic hydroxyl groups is 3. The Hall–Kier alpha value is -1.91. The van der Waals surface area contributed by atoms with E-state index in [1.807, 2.05) is 37.3 Å². The number of ether oxygens (including phenoxy) is 4. The Balaban J connectivity index is 1.24. The molecule has 4 aliphatic rings. The van der Waals surface area contributed by atoms with Crippen molar-refractivity contribution in [3.05, 3.63) is 65.2 Å². The molecule has 0 spiro atoms. The predicted octanol–water partition coefficient (Wildman–Crippen LogP) is 0.149. The maximum absolute atomic E-state index is 13.8. The summed E-state index contributed by atoms with van der Waals surface area (Å²) in [7, 11) is -1.81. The molecule has 0 bridgehead atoms. The molecule has 0 aromatic heterocycles. The molecule has 4 N–H and O–H groups in total. The minimum Gasteiger partial charge on any atom is -0.458 e. The molecular weight excluding hydrogens is 769 g/mol. The fourth-order valence-corrected chi connectivity index (χ4v) is 8.38. The van der Waals surface area contributed by atoms with Crippen molar-refractivity contribution >= 4 is 71.4 Å². The van der Waals surface area contributed by atoms with E-state index in [1.54, 1.807) is 43.3 Å². The lowest BCUT2D eigenvalue weighted by Gasteiger charge is -2.43. The van der Waals surface area contributed by atoms with Crippen LogP contribution in [0.3, 0.4) is 0 Å². The van der Waals surface area contributed by atoms with Crippen molar-refractivity contribution in [3.8, 4) is 11.5 Å². The molecule has 1 amide bonds. The average Bonchev–Trinajstić information content (AvgIpc) is 3.97. The third-order valence-electron chi connectivity index (χ3n) is 10.0. The van der Waals surface area contributed by atoms with E-state index in [9.17, 15) is 4.79 Å². The summed E-state index contributed by atoms with van der Waals surface area (Å²) in [5, 5.41) is 19.6. The molecule has 6 rings (SSSR count). The van der Waals surface area contributed by atoms with Crippen LogP contribution in [0.15, 0.2) is 54.1 Å². The van der Waals surface area contributed by atoms with Crippen LogP contribution in [-0.2, 0) is 32.2 Å². The number of aliphatic hydroxyl groups excluding tert-OH is 3. The molecule has 2 aromatic rings. The lowest BCUT2D eigenvalue weighted by molar-refractivity contribution is -0.207. The van der Waals surface area contributed by atoms with Gasteiger partial charge in [0, 0.05) is 36.7 Å². The van der Waals surface area contributed by atoms with Crippen molar-refractivity contribution in [2.24, 2.45) is 0 Å². The summed E-state index contributed by atoms with van der Waals surface area (Å²) >= 11 is 2.55. The largest absolute Gasteiger partial charge is 0.458 e. The Bertz CT molecular complexity index is 1860. The van der Waals surface area contributed by atoms with Crippen molar-refractivity contribution in [1.82, 2.24) is 10.4 Å². The number of likely N-dealkylation sites (N-methyl/N-ethyl adjacent to an activating group) is 1. The second-order valence-electron chi connectivity index (χ2n) is 13.5. The molecule has 3 unspecified atom stereocenters. The summed E-state index contributed by atoms with van der Waals surface area (Å²) in [6.07, 6.45) is -7.53. The van der Waals surface area contributed by atoms with Gasteiger partial charge in [-0.2, -0.15) is 5.06 Å². The number of hydrogen-bond acceptors (Lipinski definition) is 16. The Morgan fingerprint density at radius 2 is 1.76 bits per heavy atom. The van der Waals surface area contributed by atoms with Gasteiger partial charge >= 0.3 is 0 Å². The molecule has 3 aliphatic heterocycles. The van der Waals surface area contributed by atoms with Crippen LogP contribution in [0, 0.1) is 0 Å². The van der Waals surface area contributed by atoms with Gasteiger partial charge in [-0.15, -0.1) is 0 Å². The lowest BCUT2D eigenvalue weighted by Crippen LogP contribution is -2.67. The van der Waals surface area contributed by atoms with E-state index in [2.05, 4.69) is 5.32 Å². The van der Waals surface area contributed by atoms with Gasteiger partial charge in [-0.1, -0.05) is 36.4 Å². The lowest BCUT2D eigenvalue weighted by atomic mass is 9.83. The standard InChI is InChI=1S/C35H49B3N2O12S3/c1-18(33(44)39-24-25(41)26(42)29-31(46-17-45-29)28(24)51-54-15-37)11-19-9-10-21(22(12-19)50-53-14-36)47-34-27(43)30(52-55-16-38)32(48-34)35(2)13-23(49-40(35)3)20-7-5-4-6-8-20/h4-12,23-32,34,41-43H,13-17,36-38H2,1-3H3,(H,39,44)/b18-11+/t23?,24?,25-,26+,27-,28+,29+,30-,31-,32-,34+,35?/m0/s1/i36TD,37TD,38TD,41T,42T,43T. The van der Waals surface area contributed by atoms with Crippen LogP contribution in [0.4, 0.5) is 0 Å². The van der Waals surface area contributed by atoms with Gasteiger partial charge < -0.3 is 52.1 Å². The summed E-state index contributed by atoms with van der Waals surface area (Å²) in [6, 6.07) is 13.4. The number of hydroxylamine groups is 2. The maximum atomic E-state index is 13.8. The number of carbonyl (C=O) groups excluding carboxylic acids is 1. The third kappa shape index (κ3) is 9.37.